The first kappa shape index (κ1) is 17.1. The van der Waals surface area contributed by atoms with Crippen LogP contribution in [0.25, 0.3) is 21.9 Å². The first-order valence-electron chi connectivity index (χ1n) is 7.62. The molecule has 0 aliphatic carbocycles. The standard InChI is InChI=1S/C18H9BrFN3O4/c19-9-1-4-14-8(5-9)6-12(18(26)27-14)16(24)23-22-15-11-7-10(20)2-3-13(11)21-17(15)25/h1-7,21,25H. The lowest BCUT2D eigenvalue weighted by Gasteiger charge is -1.99. The second-order valence-electron chi connectivity index (χ2n) is 5.65. The number of nitrogens with one attached hydrogen (secondary N) is 1. The van der Waals surface area contributed by atoms with E-state index in [1.165, 1.54) is 18.2 Å². The van der Waals surface area contributed by atoms with Gasteiger partial charge >= 0.3 is 11.5 Å². The van der Waals surface area contributed by atoms with Crippen LogP contribution in [0.1, 0.15) is 10.4 Å². The Morgan fingerprint density at radius 2 is 2.00 bits per heavy atom. The summed E-state index contributed by atoms with van der Waals surface area (Å²) >= 11 is 3.30. The summed E-state index contributed by atoms with van der Waals surface area (Å²) in [6, 6.07) is 10.1. The van der Waals surface area contributed by atoms with Crippen molar-refractivity contribution in [2.24, 2.45) is 10.2 Å². The molecule has 0 radical (unpaired) electrons. The fourth-order valence-electron chi connectivity index (χ4n) is 2.63. The molecular formula is C18H9BrFN3O4. The number of fused-ring (bicyclic) bond motifs is 2. The zero-order valence-electron chi connectivity index (χ0n) is 13.4. The van der Waals surface area contributed by atoms with Crippen LogP contribution in [0.3, 0.4) is 0 Å². The monoisotopic (exact) mass is 429 g/mol. The van der Waals surface area contributed by atoms with Crippen molar-refractivity contribution >= 4 is 49.4 Å². The van der Waals surface area contributed by atoms with Gasteiger partial charge in [-0.15, -0.1) is 10.2 Å². The third-order valence-electron chi connectivity index (χ3n) is 3.88. The molecule has 2 aromatic heterocycles. The molecule has 9 heteroatoms. The number of benzene rings is 2. The molecule has 2 aromatic carbocycles. The van der Waals surface area contributed by atoms with E-state index in [4.69, 9.17) is 4.42 Å². The summed E-state index contributed by atoms with van der Waals surface area (Å²) < 4.78 is 19.3. The van der Waals surface area contributed by atoms with Gasteiger partial charge in [0.15, 0.2) is 5.69 Å². The predicted molar refractivity (Wildman–Crippen MR) is 99.0 cm³/mol. The Hall–Kier alpha value is -3.33. The van der Waals surface area contributed by atoms with Crippen molar-refractivity contribution in [3.63, 3.8) is 0 Å². The van der Waals surface area contributed by atoms with Crippen molar-refractivity contribution < 1.29 is 18.7 Å². The number of hydrogen-bond acceptors (Lipinski definition) is 5. The molecule has 1 amide bonds. The van der Waals surface area contributed by atoms with Crippen LogP contribution in [-0.4, -0.2) is 16.0 Å². The van der Waals surface area contributed by atoms with Gasteiger partial charge in [0.25, 0.3) is 0 Å². The van der Waals surface area contributed by atoms with E-state index in [9.17, 15) is 19.1 Å². The van der Waals surface area contributed by atoms with Crippen LogP contribution in [0.2, 0.25) is 0 Å². The van der Waals surface area contributed by atoms with Gasteiger partial charge < -0.3 is 14.5 Å². The van der Waals surface area contributed by atoms with Gasteiger partial charge in [0, 0.05) is 15.2 Å². The summed E-state index contributed by atoms with van der Waals surface area (Å²) in [6.07, 6.45) is 0. The number of carbonyl (C=O) groups is 1. The fraction of sp³-hybridized carbons (Fsp3) is 0. The number of hydrogen-bond donors (Lipinski definition) is 2. The number of aromatic hydroxyl groups is 1. The highest BCUT2D eigenvalue weighted by Gasteiger charge is 2.16. The minimum atomic E-state index is -0.948. The molecule has 0 aliphatic heterocycles. The number of carbonyl (C=O) groups excluding carboxylic acids is 1. The zero-order valence-corrected chi connectivity index (χ0v) is 14.9. The average Bonchev–Trinajstić information content (AvgIpc) is 2.94. The molecule has 0 saturated carbocycles. The van der Waals surface area contributed by atoms with E-state index in [1.54, 1.807) is 18.2 Å². The Morgan fingerprint density at radius 3 is 2.81 bits per heavy atom. The normalized spacial score (nSPS) is 11.6. The number of nitrogens with zero attached hydrogens (tertiary/aromatic N) is 2. The van der Waals surface area contributed by atoms with Gasteiger partial charge in [0.05, 0.1) is 5.52 Å². The number of amides is 1. The first-order valence-corrected chi connectivity index (χ1v) is 8.41. The number of H-pyrrole nitrogens is 1. The SMILES string of the molecule is O=C(N=Nc1c(O)[nH]c2ccc(F)cc12)c1cc2cc(Br)ccc2oc1=O. The maximum absolute atomic E-state index is 13.4. The molecule has 27 heavy (non-hydrogen) atoms. The van der Waals surface area contributed by atoms with Crippen molar-refractivity contribution in [2.45, 2.75) is 0 Å². The van der Waals surface area contributed by atoms with Crippen LogP contribution in [-0.2, 0) is 0 Å². The highest BCUT2D eigenvalue weighted by atomic mass is 79.9. The summed E-state index contributed by atoms with van der Waals surface area (Å²) in [5.41, 5.74) is -0.532. The van der Waals surface area contributed by atoms with Crippen molar-refractivity contribution in [2.75, 3.05) is 0 Å². The van der Waals surface area contributed by atoms with E-state index >= 15 is 0 Å². The fourth-order valence-corrected chi connectivity index (χ4v) is 3.01. The Labute approximate surface area is 158 Å². The molecule has 0 saturated heterocycles. The summed E-state index contributed by atoms with van der Waals surface area (Å²) in [5.74, 6) is -1.86. The van der Waals surface area contributed by atoms with Crippen molar-refractivity contribution in [3.05, 3.63) is 68.7 Å². The van der Waals surface area contributed by atoms with Crippen LogP contribution in [0.5, 0.6) is 5.88 Å². The average molecular weight is 430 g/mol. The van der Waals surface area contributed by atoms with E-state index in [1.807, 2.05) is 0 Å². The summed E-state index contributed by atoms with van der Waals surface area (Å²) in [7, 11) is 0. The van der Waals surface area contributed by atoms with Gasteiger partial charge in [0.2, 0.25) is 5.88 Å². The maximum atomic E-state index is 13.4. The number of aromatic amines is 1. The second-order valence-corrected chi connectivity index (χ2v) is 6.56. The van der Waals surface area contributed by atoms with E-state index in [0.29, 0.717) is 16.5 Å². The molecule has 4 rings (SSSR count). The summed E-state index contributed by atoms with van der Waals surface area (Å²) in [4.78, 5) is 26.9. The minimum absolute atomic E-state index is 0.106. The molecule has 134 valence electrons. The maximum Gasteiger partial charge on any atom is 0.349 e. The second kappa shape index (κ2) is 6.44. The molecule has 0 aliphatic rings. The lowest BCUT2D eigenvalue weighted by molar-refractivity contribution is 0.0991. The predicted octanol–water partition coefficient (Wildman–Crippen LogP) is 4.81. The lowest BCUT2D eigenvalue weighted by Crippen LogP contribution is -2.11. The van der Waals surface area contributed by atoms with Crippen LogP contribution < -0.4 is 5.63 Å². The molecule has 4 aromatic rings. The molecule has 7 nitrogen and oxygen atoms in total. The third kappa shape index (κ3) is 3.13. The molecule has 2 N–H and O–H groups in total. The van der Waals surface area contributed by atoms with Crippen LogP contribution in [0, 0.1) is 5.82 Å². The first-order chi connectivity index (χ1) is 12.9. The van der Waals surface area contributed by atoms with Crippen LogP contribution in [0.15, 0.2) is 66.4 Å². The molecule has 2 heterocycles. The Balaban J connectivity index is 1.75. The molecule has 0 bridgehead atoms. The van der Waals surface area contributed by atoms with Gasteiger partial charge in [-0.1, -0.05) is 15.9 Å². The van der Waals surface area contributed by atoms with Gasteiger partial charge in [0.1, 0.15) is 17.0 Å². The highest BCUT2D eigenvalue weighted by Crippen LogP contribution is 2.35. The Bertz CT molecular complexity index is 1310. The van der Waals surface area contributed by atoms with Crippen molar-refractivity contribution in [1.29, 1.82) is 0 Å². The highest BCUT2D eigenvalue weighted by molar-refractivity contribution is 9.10. The van der Waals surface area contributed by atoms with Gasteiger partial charge in [-0.3, -0.25) is 4.79 Å². The van der Waals surface area contributed by atoms with E-state index in [0.717, 1.165) is 10.5 Å². The number of aromatic nitrogens is 1. The smallest absolute Gasteiger partial charge is 0.349 e. The Kier molecular flexibility index (Phi) is 4.08. The van der Waals surface area contributed by atoms with Crippen molar-refractivity contribution in [1.82, 2.24) is 4.98 Å². The third-order valence-corrected chi connectivity index (χ3v) is 4.37. The van der Waals surface area contributed by atoms with E-state index in [2.05, 4.69) is 31.1 Å². The largest absolute Gasteiger partial charge is 0.493 e. The van der Waals surface area contributed by atoms with E-state index in [-0.39, 0.29) is 22.5 Å². The molecular weight excluding hydrogens is 421 g/mol. The zero-order chi connectivity index (χ0) is 19.1. The number of rotatable bonds is 2. The van der Waals surface area contributed by atoms with E-state index < -0.39 is 17.3 Å². The summed E-state index contributed by atoms with van der Waals surface area (Å²) in [5, 5.41) is 17.8. The molecule has 0 fully saturated rings. The quantitative estimate of drug-likeness (QED) is 0.352. The molecule has 0 atom stereocenters. The van der Waals surface area contributed by atoms with Gasteiger partial charge in [-0.2, -0.15) is 0 Å². The molecule has 0 unspecified atom stereocenters. The lowest BCUT2D eigenvalue weighted by atomic mass is 10.2. The summed E-state index contributed by atoms with van der Waals surface area (Å²) in [6.45, 7) is 0. The van der Waals surface area contributed by atoms with Crippen molar-refractivity contribution in [3.8, 4) is 5.88 Å². The minimum Gasteiger partial charge on any atom is -0.493 e. The van der Waals surface area contributed by atoms with Crippen LogP contribution in [0.4, 0.5) is 10.1 Å². The van der Waals surface area contributed by atoms with Crippen LogP contribution >= 0.6 is 15.9 Å². The molecule has 0 spiro atoms. The van der Waals surface area contributed by atoms with Gasteiger partial charge in [-0.25, -0.2) is 9.18 Å². The Morgan fingerprint density at radius 1 is 1.19 bits per heavy atom. The topological polar surface area (TPSA) is 108 Å². The number of azo groups is 1. The number of halogens is 2. The van der Waals surface area contributed by atoms with Gasteiger partial charge in [-0.05, 0) is 42.5 Å².